The summed E-state index contributed by atoms with van der Waals surface area (Å²) in [4.78, 5) is 38.8. The fraction of sp³-hybridized carbons (Fsp3) is 0.250. The van der Waals surface area contributed by atoms with Crippen LogP contribution in [0.15, 0.2) is 60.7 Å². The number of halogens is 1. The van der Waals surface area contributed by atoms with Crippen molar-refractivity contribution in [2.75, 3.05) is 13.1 Å². The number of aromatic nitrogens is 2. The average Bonchev–Trinajstić information content (AvgIpc) is 3.24. The summed E-state index contributed by atoms with van der Waals surface area (Å²) in [5, 5.41) is 17.2. The van der Waals surface area contributed by atoms with Crippen LogP contribution < -0.4 is 5.32 Å². The molecule has 170 valence electrons. The van der Waals surface area contributed by atoms with Gasteiger partial charge in [-0.2, -0.15) is 5.10 Å². The van der Waals surface area contributed by atoms with Crippen LogP contribution in [0.1, 0.15) is 29.0 Å². The maximum atomic E-state index is 13.1. The Morgan fingerprint density at radius 3 is 2.55 bits per heavy atom. The van der Waals surface area contributed by atoms with Crippen molar-refractivity contribution in [2.45, 2.75) is 25.4 Å². The van der Waals surface area contributed by atoms with E-state index < -0.39 is 17.9 Å². The number of carboxylic acid groups (broad SMARTS) is 1. The Labute approximate surface area is 195 Å². The minimum absolute atomic E-state index is 0.147. The zero-order valence-electron chi connectivity index (χ0n) is 17.9. The molecule has 0 aliphatic carbocycles. The Balaban J connectivity index is 1.46. The van der Waals surface area contributed by atoms with Crippen LogP contribution in [0.25, 0.3) is 11.3 Å². The number of fused-ring (bicyclic) bond motifs is 1. The highest BCUT2D eigenvalue weighted by Gasteiger charge is 2.32. The molecule has 3 aromatic rings. The monoisotopic (exact) mass is 466 g/mol. The van der Waals surface area contributed by atoms with E-state index in [0.717, 1.165) is 11.1 Å². The van der Waals surface area contributed by atoms with Crippen molar-refractivity contribution in [3.05, 3.63) is 76.9 Å². The molecule has 1 unspecified atom stereocenters. The lowest BCUT2D eigenvalue weighted by Crippen LogP contribution is -2.50. The van der Waals surface area contributed by atoms with Crippen LogP contribution >= 0.6 is 11.6 Å². The Kier molecular flexibility index (Phi) is 6.46. The van der Waals surface area contributed by atoms with E-state index in [-0.39, 0.29) is 31.5 Å². The number of carbonyl (C=O) groups excluding carboxylic acids is 2. The largest absolute Gasteiger partial charge is 0.480 e. The van der Waals surface area contributed by atoms with E-state index in [1.807, 2.05) is 37.3 Å². The first-order chi connectivity index (χ1) is 15.8. The summed E-state index contributed by atoms with van der Waals surface area (Å²) < 4.78 is 1.66. The van der Waals surface area contributed by atoms with Gasteiger partial charge >= 0.3 is 5.97 Å². The van der Waals surface area contributed by atoms with Gasteiger partial charge in [0, 0.05) is 23.6 Å². The Morgan fingerprint density at radius 1 is 1.18 bits per heavy atom. The SMILES string of the molecule is C[C@H]1CN(CC(=O)NC(Cc2ccccc2)C(=O)O)C(=O)c2cc(-c3ccc(Cl)cc3)nn21. The number of carbonyl (C=O) groups is 3. The fourth-order valence-corrected chi connectivity index (χ4v) is 4.02. The summed E-state index contributed by atoms with van der Waals surface area (Å²) >= 11 is 5.95. The minimum Gasteiger partial charge on any atom is -0.480 e. The standard InChI is InChI=1S/C24H23ClN4O4/c1-15-13-28(14-22(30)26-20(24(32)33)11-16-5-3-2-4-6-16)23(31)21-12-19(27-29(15)21)17-7-9-18(25)10-8-17/h2-10,12,15,20H,11,13-14H2,1H3,(H,26,30)(H,32,33)/t15-,20?/m0/s1. The number of benzene rings is 2. The van der Waals surface area contributed by atoms with E-state index in [4.69, 9.17) is 11.6 Å². The van der Waals surface area contributed by atoms with Gasteiger partial charge in [-0.3, -0.25) is 14.3 Å². The molecule has 0 saturated carbocycles. The Hall–Kier alpha value is -3.65. The summed E-state index contributed by atoms with van der Waals surface area (Å²) in [6.45, 7) is 1.97. The van der Waals surface area contributed by atoms with Crippen molar-refractivity contribution in [3.8, 4) is 11.3 Å². The fourth-order valence-electron chi connectivity index (χ4n) is 3.89. The second-order valence-corrected chi connectivity index (χ2v) is 8.49. The van der Waals surface area contributed by atoms with Gasteiger partial charge in [0.05, 0.1) is 18.3 Å². The van der Waals surface area contributed by atoms with E-state index in [1.54, 1.807) is 35.0 Å². The van der Waals surface area contributed by atoms with Gasteiger partial charge in [0.2, 0.25) is 5.91 Å². The van der Waals surface area contributed by atoms with Gasteiger partial charge in [0.25, 0.3) is 5.91 Å². The van der Waals surface area contributed by atoms with E-state index in [0.29, 0.717) is 16.4 Å². The number of amides is 2. The van der Waals surface area contributed by atoms with Gasteiger partial charge in [-0.25, -0.2) is 4.79 Å². The molecule has 2 atom stereocenters. The summed E-state index contributed by atoms with van der Waals surface area (Å²) in [6.07, 6.45) is 0.156. The summed E-state index contributed by atoms with van der Waals surface area (Å²) in [5.41, 5.74) is 2.65. The van der Waals surface area contributed by atoms with Crippen LogP contribution in [0.5, 0.6) is 0 Å². The summed E-state index contributed by atoms with van der Waals surface area (Å²) in [7, 11) is 0. The highest BCUT2D eigenvalue weighted by molar-refractivity contribution is 6.30. The van der Waals surface area contributed by atoms with Crippen LogP contribution in [0, 0.1) is 0 Å². The van der Waals surface area contributed by atoms with Gasteiger partial charge in [-0.15, -0.1) is 0 Å². The molecule has 4 rings (SSSR count). The maximum absolute atomic E-state index is 13.1. The lowest BCUT2D eigenvalue weighted by atomic mass is 10.1. The first-order valence-electron chi connectivity index (χ1n) is 10.5. The third-order valence-corrected chi connectivity index (χ3v) is 5.79. The van der Waals surface area contributed by atoms with E-state index in [2.05, 4.69) is 10.4 Å². The molecule has 1 aromatic heterocycles. The third-order valence-electron chi connectivity index (χ3n) is 5.53. The molecular formula is C24H23ClN4O4. The molecule has 8 nitrogen and oxygen atoms in total. The highest BCUT2D eigenvalue weighted by Crippen LogP contribution is 2.27. The topological polar surface area (TPSA) is 105 Å². The molecule has 2 aromatic carbocycles. The first-order valence-corrected chi connectivity index (χ1v) is 10.9. The molecule has 2 N–H and O–H groups in total. The van der Waals surface area contributed by atoms with Crippen LogP contribution in [-0.4, -0.2) is 56.7 Å². The maximum Gasteiger partial charge on any atom is 0.326 e. The highest BCUT2D eigenvalue weighted by atomic mass is 35.5. The van der Waals surface area contributed by atoms with E-state index >= 15 is 0 Å². The lowest BCUT2D eigenvalue weighted by Gasteiger charge is -2.31. The predicted octanol–water partition coefficient (Wildman–Crippen LogP) is 3.03. The van der Waals surface area contributed by atoms with Crippen LogP contribution in [0.3, 0.4) is 0 Å². The molecule has 2 amide bonds. The van der Waals surface area contributed by atoms with Crippen molar-refractivity contribution < 1.29 is 19.5 Å². The van der Waals surface area contributed by atoms with Crippen molar-refractivity contribution in [1.29, 1.82) is 0 Å². The van der Waals surface area contributed by atoms with Crippen LogP contribution in [0.4, 0.5) is 0 Å². The molecule has 0 bridgehead atoms. The van der Waals surface area contributed by atoms with Crippen LogP contribution in [-0.2, 0) is 16.0 Å². The Morgan fingerprint density at radius 2 is 1.88 bits per heavy atom. The van der Waals surface area contributed by atoms with Crippen molar-refractivity contribution in [2.24, 2.45) is 0 Å². The first kappa shape index (κ1) is 22.5. The molecule has 0 saturated heterocycles. The Bertz CT molecular complexity index is 1180. The number of nitrogens with zero attached hydrogens (tertiary/aromatic N) is 3. The van der Waals surface area contributed by atoms with Crippen molar-refractivity contribution >= 4 is 29.4 Å². The molecular weight excluding hydrogens is 444 g/mol. The van der Waals surface area contributed by atoms with Crippen molar-refractivity contribution in [3.63, 3.8) is 0 Å². The lowest BCUT2D eigenvalue weighted by molar-refractivity contribution is -0.141. The zero-order valence-corrected chi connectivity index (χ0v) is 18.7. The molecule has 1 aliphatic heterocycles. The molecule has 0 fully saturated rings. The summed E-state index contributed by atoms with van der Waals surface area (Å²) in [6, 6.07) is 16.7. The van der Waals surface area contributed by atoms with E-state index in [9.17, 15) is 19.5 Å². The number of carboxylic acids is 1. The normalized spacial score (nSPS) is 16.2. The van der Waals surface area contributed by atoms with Gasteiger partial charge in [0.15, 0.2) is 0 Å². The van der Waals surface area contributed by atoms with Gasteiger partial charge < -0.3 is 15.3 Å². The van der Waals surface area contributed by atoms with Crippen LogP contribution in [0.2, 0.25) is 5.02 Å². The average molecular weight is 467 g/mol. The molecule has 0 spiro atoms. The molecule has 0 radical (unpaired) electrons. The molecule has 2 heterocycles. The zero-order chi connectivity index (χ0) is 23.5. The number of hydrogen-bond donors (Lipinski definition) is 2. The second-order valence-electron chi connectivity index (χ2n) is 8.05. The number of hydrogen-bond acceptors (Lipinski definition) is 4. The quantitative estimate of drug-likeness (QED) is 0.557. The minimum atomic E-state index is -1.13. The third kappa shape index (κ3) is 5.06. The van der Waals surface area contributed by atoms with Gasteiger partial charge in [-0.05, 0) is 30.7 Å². The molecule has 9 heteroatoms. The summed E-state index contributed by atoms with van der Waals surface area (Å²) in [5.74, 6) is -1.98. The number of rotatable bonds is 7. The number of nitrogens with one attached hydrogen (secondary N) is 1. The second kappa shape index (κ2) is 9.46. The van der Waals surface area contributed by atoms with Gasteiger partial charge in [0.1, 0.15) is 11.7 Å². The molecule has 33 heavy (non-hydrogen) atoms. The van der Waals surface area contributed by atoms with E-state index in [1.165, 1.54) is 4.90 Å². The molecule has 1 aliphatic rings. The number of aliphatic carboxylic acids is 1. The van der Waals surface area contributed by atoms with Crippen molar-refractivity contribution in [1.82, 2.24) is 20.0 Å². The smallest absolute Gasteiger partial charge is 0.326 e. The van der Waals surface area contributed by atoms with Gasteiger partial charge in [-0.1, -0.05) is 54.1 Å². The predicted molar refractivity (Wildman–Crippen MR) is 123 cm³/mol.